The highest BCUT2D eigenvalue weighted by molar-refractivity contribution is 6.31. The second-order valence-corrected chi connectivity index (χ2v) is 6.45. The molecule has 2 heterocycles. The fraction of sp³-hybridized carbons (Fsp3) is 0.278. The summed E-state index contributed by atoms with van der Waals surface area (Å²) >= 11 is 6.01. The van der Waals surface area contributed by atoms with E-state index in [2.05, 4.69) is 20.6 Å². The number of ether oxygens (including phenoxy) is 1. The number of nitrogens with zero attached hydrogens (tertiary/aromatic N) is 4. The van der Waals surface area contributed by atoms with Gasteiger partial charge in [-0.25, -0.2) is 9.67 Å². The molecule has 1 aromatic carbocycles. The van der Waals surface area contributed by atoms with Crippen LogP contribution in [0.2, 0.25) is 5.02 Å². The van der Waals surface area contributed by atoms with Gasteiger partial charge in [0.15, 0.2) is 6.61 Å². The molecule has 146 valence electrons. The number of nitrogens with one attached hydrogen (secondary N) is 1. The number of carbonyl (C=O) groups excluding carboxylic acids is 2. The van der Waals surface area contributed by atoms with Gasteiger partial charge in [0.05, 0.1) is 17.1 Å². The smallest absolute Gasteiger partial charge is 0.306 e. The van der Waals surface area contributed by atoms with E-state index in [9.17, 15) is 9.59 Å². The molecule has 0 saturated carbocycles. The molecular formula is C18H18ClN5O4. The largest absolute Gasteiger partial charge is 0.456 e. The number of esters is 1. The van der Waals surface area contributed by atoms with Crippen LogP contribution in [-0.4, -0.2) is 38.4 Å². The van der Waals surface area contributed by atoms with Crippen LogP contribution >= 0.6 is 11.6 Å². The minimum absolute atomic E-state index is 0.123. The predicted molar refractivity (Wildman–Crippen MR) is 100 cm³/mol. The lowest BCUT2D eigenvalue weighted by Crippen LogP contribution is -2.22. The molecule has 28 heavy (non-hydrogen) atoms. The zero-order valence-electron chi connectivity index (χ0n) is 15.3. The van der Waals surface area contributed by atoms with Crippen LogP contribution in [0.3, 0.4) is 0 Å². The molecule has 2 aromatic heterocycles. The summed E-state index contributed by atoms with van der Waals surface area (Å²) in [6, 6.07) is 4.95. The quantitative estimate of drug-likeness (QED) is 0.603. The number of benzene rings is 1. The van der Waals surface area contributed by atoms with E-state index in [0.29, 0.717) is 28.6 Å². The number of carbonyl (C=O) groups is 2. The second-order valence-electron chi connectivity index (χ2n) is 6.01. The number of rotatable bonds is 7. The Labute approximate surface area is 165 Å². The summed E-state index contributed by atoms with van der Waals surface area (Å²) in [7, 11) is 0. The Morgan fingerprint density at radius 1 is 1.32 bits per heavy atom. The van der Waals surface area contributed by atoms with Crippen molar-refractivity contribution in [1.82, 2.24) is 19.9 Å². The van der Waals surface area contributed by atoms with Gasteiger partial charge in [-0.1, -0.05) is 16.8 Å². The van der Waals surface area contributed by atoms with E-state index in [0.717, 1.165) is 11.3 Å². The maximum absolute atomic E-state index is 12.2. The topological polar surface area (TPSA) is 112 Å². The van der Waals surface area contributed by atoms with Gasteiger partial charge in [0.2, 0.25) is 0 Å². The van der Waals surface area contributed by atoms with Gasteiger partial charge in [0, 0.05) is 17.0 Å². The monoisotopic (exact) mass is 403 g/mol. The first-order chi connectivity index (χ1) is 13.4. The van der Waals surface area contributed by atoms with Crippen molar-refractivity contribution >= 4 is 29.2 Å². The third-order valence-electron chi connectivity index (χ3n) is 4.02. The van der Waals surface area contributed by atoms with Gasteiger partial charge in [-0.3, -0.25) is 9.59 Å². The van der Waals surface area contributed by atoms with Crippen LogP contribution in [0.15, 0.2) is 35.4 Å². The van der Waals surface area contributed by atoms with Crippen LogP contribution in [0.1, 0.15) is 23.4 Å². The van der Waals surface area contributed by atoms with E-state index in [1.807, 2.05) is 6.92 Å². The number of hydrogen-bond acceptors (Lipinski definition) is 7. The molecule has 0 aliphatic rings. The molecule has 0 saturated heterocycles. The summed E-state index contributed by atoms with van der Waals surface area (Å²) in [5.41, 5.74) is 2.62. The summed E-state index contributed by atoms with van der Waals surface area (Å²) in [4.78, 5) is 28.0. The average molecular weight is 404 g/mol. The molecule has 10 heteroatoms. The second kappa shape index (κ2) is 8.66. The third kappa shape index (κ3) is 4.74. The lowest BCUT2D eigenvalue weighted by atomic mass is 10.1. The Balaban J connectivity index is 1.55. The molecule has 1 amide bonds. The van der Waals surface area contributed by atoms with Gasteiger partial charge in [-0.2, -0.15) is 5.10 Å². The molecule has 0 aliphatic heterocycles. The summed E-state index contributed by atoms with van der Waals surface area (Å²) in [5.74, 6) is -0.309. The molecule has 0 aliphatic carbocycles. The molecule has 0 radical (unpaired) electrons. The van der Waals surface area contributed by atoms with Crippen LogP contribution < -0.4 is 5.32 Å². The maximum atomic E-state index is 12.2. The van der Waals surface area contributed by atoms with Crippen molar-refractivity contribution in [3.8, 4) is 5.69 Å². The highest BCUT2D eigenvalue weighted by Crippen LogP contribution is 2.24. The molecule has 1 N–H and O–H groups in total. The van der Waals surface area contributed by atoms with Gasteiger partial charge in [-0.15, -0.1) is 0 Å². The highest BCUT2D eigenvalue weighted by Gasteiger charge is 2.14. The van der Waals surface area contributed by atoms with Gasteiger partial charge >= 0.3 is 5.97 Å². The van der Waals surface area contributed by atoms with Crippen LogP contribution in [0.4, 0.5) is 5.69 Å². The zero-order valence-corrected chi connectivity index (χ0v) is 16.1. The normalized spacial score (nSPS) is 10.7. The van der Waals surface area contributed by atoms with Crippen molar-refractivity contribution < 1.29 is 18.8 Å². The first-order valence-corrected chi connectivity index (χ1v) is 8.83. The lowest BCUT2D eigenvalue weighted by Gasteiger charge is -2.11. The number of aromatic nitrogens is 4. The number of halogens is 1. The SMILES string of the molecule is Cc1noc(C)c1CCC(=O)OCC(=O)Nc1cc(Cl)ccc1-n1cncn1. The van der Waals surface area contributed by atoms with Crippen molar-refractivity contribution in [3.05, 3.63) is 52.9 Å². The molecule has 0 spiro atoms. The minimum Gasteiger partial charge on any atom is -0.456 e. The summed E-state index contributed by atoms with van der Waals surface area (Å²) in [5, 5.41) is 11.0. The van der Waals surface area contributed by atoms with E-state index in [1.165, 1.54) is 17.3 Å². The van der Waals surface area contributed by atoms with Gasteiger partial charge in [0.1, 0.15) is 18.4 Å². The molecular weight excluding hydrogens is 386 g/mol. The first kappa shape index (κ1) is 19.6. The van der Waals surface area contributed by atoms with Crippen molar-refractivity contribution in [1.29, 1.82) is 0 Å². The Hall–Kier alpha value is -3.20. The van der Waals surface area contributed by atoms with Crippen molar-refractivity contribution in [2.45, 2.75) is 26.7 Å². The molecule has 0 bridgehead atoms. The number of anilines is 1. The van der Waals surface area contributed by atoms with E-state index in [1.54, 1.807) is 25.1 Å². The number of hydrogen-bond donors (Lipinski definition) is 1. The summed E-state index contributed by atoms with van der Waals surface area (Å²) in [6.45, 7) is 3.18. The highest BCUT2D eigenvalue weighted by atomic mass is 35.5. The van der Waals surface area contributed by atoms with Crippen LogP contribution in [-0.2, 0) is 20.7 Å². The van der Waals surface area contributed by atoms with Crippen molar-refractivity contribution in [2.75, 3.05) is 11.9 Å². The molecule has 0 unspecified atom stereocenters. The van der Waals surface area contributed by atoms with E-state index < -0.39 is 18.5 Å². The van der Waals surface area contributed by atoms with Gasteiger partial charge in [-0.05, 0) is 38.5 Å². The Morgan fingerprint density at radius 2 is 2.14 bits per heavy atom. The average Bonchev–Trinajstić information content (AvgIpc) is 3.29. The standard InChI is InChI=1S/C18H18ClN5O4/c1-11-14(12(2)28-23-11)4-6-18(26)27-8-17(25)22-15-7-13(19)3-5-16(15)24-10-20-9-21-24/h3,5,7,9-10H,4,6,8H2,1-2H3,(H,22,25). The van der Waals surface area contributed by atoms with E-state index >= 15 is 0 Å². The zero-order chi connectivity index (χ0) is 20.1. The molecule has 3 aromatic rings. The summed E-state index contributed by atoms with van der Waals surface area (Å²) < 4.78 is 11.6. The molecule has 9 nitrogen and oxygen atoms in total. The predicted octanol–water partition coefficient (Wildman–Crippen LogP) is 2.64. The molecule has 3 rings (SSSR count). The Bertz CT molecular complexity index is 965. The number of aryl methyl sites for hydroxylation is 2. The maximum Gasteiger partial charge on any atom is 0.306 e. The van der Waals surface area contributed by atoms with Gasteiger partial charge in [0.25, 0.3) is 5.91 Å². The molecule has 0 fully saturated rings. The van der Waals surface area contributed by atoms with E-state index in [-0.39, 0.29) is 6.42 Å². The van der Waals surface area contributed by atoms with E-state index in [4.69, 9.17) is 20.9 Å². The number of amides is 1. The van der Waals surface area contributed by atoms with Crippen molar-refractivity contribution in [2.24, 2.45) is 0 Å². The van der Waals surface area contributed by atoms with Crippen LogP contribution in [0.25, 0.3) is 5.69 Å². The van der Waals surface area contributed by atoms with Gasteiger partial charge < -0.3 is 14.6 Å². The minimum atomic E-state index is -0.491. The fourth-order valence-electron chi connectivity index (χ4n) is 2.63. The Morgan fingerprint density at radius 3 is 2.82 bits per heavy atom. The molecule has 0 atom stereocenters. The van der Waals surface area contributed by atoms with Crippen LogP contribution in [0.5, 0.6) is 0 Å². The fourth-order valence-corrected chi connectivity index (χ4v) is 2.80. The van der Waals surface area contributed by atoms with Crippen LogP contribution in [0, 0.1) is 13.8 Å². The lowest BCUT2D eigenvalue weighted by molar-refractivity contribution is -0.147. The first-order valence-electron chi connectivity index (χ1n) is 8.46. The summed E-state index contributed by atoms with van der Waals surface area (Å²) in [6.07, 6.45) is 3.43. The third-order valence-corrected chi connectivity index (χ3v) is 4.26. The Kier molecular flexibility index (Phi) is 6.05. The van der Waals surface area contributed by atoms with Crippen molar-refractivity contribution in [3.63, 3.8) is 0 Å².